The van der Waals surface area contributed by atoms with E-state index >= 15 is 0 Å². The number of carbonyl (C=O) groups is 2. The van der Waals surface area contributed by atoms with E-state index in [-0.39, 0.29) is 24.5 Å². The van der Waals surface area contributed by atoms with E-state index < -0.39 is 6.10 Å². The second-order valence-electron chi connectivity index (χ2n) is 9.53. The smallest absolute Gasteiger partial charge is 0.317 e. The summed E-state index contributed by atoms with van der Waals surface area (Å²) in [6.07, 6.45) is 3.86. The summed E-state index contributed by atoms with van der Waals surface area (Å²) in [6.45, 7) is 6.86. The van der Waals surface area contributed by atoms with Gasteiger partial charge >= 0.3 is 6.03 Å². The average Bonchev–Trinajstić information content (AvgIpc) is 2.79. The Morgan fingerprint density at radius 2 is 1.97 bits per heavy atom. The van der Waals surface area contributed by atoms with Gasteiger partial charge in [-0.2, -0.15) is 0 Å². The number of aliphatic hydroxyl groups excluding tert-OH is 1. The molecule has 2 N–H and O–H groups in total. The van der Waals surface area contributed by atoms with Crippen LogP contribution in [0.2, 0.25) is 0 Å². The Kier molecular flexibility index (Phi) is 7.13. The van der Waals surface area contributed by atoms with Gasteiger partial charge in [-0.3, -0.25) is 9.69 Å². The third-order valence-electron chi connectivity index (χ3n) is 6.97. The fourth-order valence-electron chi connectivity index (χ4n) is 5.18. The first-order valence-electron chi connectivity index (χ1n) is 11.8. The first-order chi connectivity index (χ1) is 15.0. The molecule has 3 heterocycles. The van der Waals surface area contributed by atoms with Gasteiger partial charge in [0.2, 0.25) is 5.91 Å². The van der Waals surface area contributed by atoms with Gasteiger partial charge in [-0.1, -0.05) is 31.2 Å². The molecule has 0 radical (unpaired) electrons. The molecule has 0 aliphatic carbocycles. The Bertz CT molecular complexity index is 786. The molecule has 31 heavy (non-hydrogen) atoms. The predicted octanol–water partition coefficient (Wildman–Crippen LogP) is 1.84. The van der Waals surface area contributed by atoms with Gasteiger partial charge < -0.3 is 20.2 Å². The van der Waals surface area contributed by atoms with Gasteiger partial charge in [0.15, 0.2) is 0 Å². The zero-order valence-electron chi connectivity index (χ0n) is 18.6. The van der Waals surface area contributed by atoms with Crippen molar-refractivity contribution in [3.8, 4) is 0 Å². The number of hydrogen-bond donors (Lipinski definition) is 2. The summed E-state index contributed by atoms with van der Waals surface area (Å²) in [6, 6.07) is 8.44. The number of nitrogens with one attached hydrogen (secondary N) is 1. The van der Waals surface area contributed by atoms with Crippen molar-refractivity contribution < 1.29 is 14.7 Å². The molecular formula is C24H36N4O3. The van der Waals surface area contributed by atoms with Gasteiger partial charge in [-0.25, -0.2) is 4.79 Å². The number of aliphatic hydroxyl groups is 1. The number of β-amino-alcohol motifs (C(OH)–C–C–N with tert-alkyl or cyclic N) is 1. The molecule has 3 aliphatic heterocycles. The van der Waals surface area contributed by atoms with Crippen molar-refractivity contribution in [1.82, 2.24) is 20.0 Å². The molecule has 2 saturated heterocycles. The second kappa shape index (κ2) is 10.0. The minimum Gasteiger partial charge on any atom is -0.390 e. The van der Waals surface area contributed by atoms with Crippen LogP contribution >= 0.6 is 0 Å². The van der Waals surface area contributed by atoms with Crippen LogP contribution in [-0.2, 0) is 17.8 Å². The minimum absolute atomic E-state index is 0.119. The molecule has 1 aromatic rings. The molecule has 0 bridgehead atoms. The monoisotopic (exact) mass is 428 g/mol. The zero-order valence-corrected chi connectivity index (χ0v) is 18.6. The fourth-order valence-corrected chi connectivity index (χ4v) is 5.18. The largest absolute Gasteiger partial charge is 0.390 e. The third kappa shape index (κ3) is 5.57. The molecule has 4 rings (SSSR count). The zero-order chi connectivity index (χ0) is 21.8. The van der Waals surface area contributed by atoms with Crippen molar-refractivity contribution >= 4 is 11.9 Å². The van der Waals surface area contributed by atoms with Crippen molar-refractivity contribution in [2.75, 3.05) is 39.3 Å². The quantitative estimate of drug-likeness (QED) is 0.750. The van der Waals surface area contributed by atoms with Crippen molar-refractivity contribution in [1.29, 1.82) is 0 Å². The maximum atomic E-state index is 12.7. The van der Waals surface area contributed by atoms with Crippen LogP contribution in [0.15, 0.2) is 24.3 Å². The van der Waals surface area contributed by atoms with E-state index in [0.717, 1.165) is 45.3 Å². The molecule has 0 unspecified atom stereocenters. The predicted molar refractivity (Wildman–Crippen MR) is 120 cm³/mol. The van der Waals surface area contributed by atoms with E-state index in [2.05, 4.69) is 41.4 Å². The van der Waals surface area contributed by atoms with Crippen LogP contribution < -0.4 is 5.32 Å². The third-order valence-corrected chi connectivity index (χ3v) is 6.97. The number of hydrogen-bond acceptors (Lipinski definition) is 4. The number of urea groups is 1. The van der Waals surface area contributed by atoms with Crippen LogP contribution in [0.3, 0.4) is 0 Å². The molecule has 170 valence electrons. The van der Waals surface area contributed by atoms with E-state index in [9.17, 15) is 14.7 Å². The highest BCUT2D eigenvalue weighted by Crippen LogP contribution is 2.24. The van der Waals surface area contributed by atoms with E-state index in [1.165, 1.54) is 11.1 Å². The minimum atomic E-state index is -0.598. The Morgan fingerprint density at radius 3 is 2.81 bits per heavy atom. The van der Waals surface area contributed by atoms with Gasteiger partial charge in [0, 0.05) is 58.3 Å². The molecule has 3 aliphatic rings. The first-order valence-corrected chi connectivity index (χ1v) is 11.8. The normalized spacial score (nSPS) is 25.8. The molecule has 2 fully saturated rings. The number of piperidine rings is 2. The maximum absolute atomic E-state index is 12.7. The van der Waals surface area contributed by atoms with E-state index in [1.807, 2.05) is 9.80 Å². The van der Waals surface area contributed by atoms with Crippen LogP contribution in [0.25, 0.3) is 0 Å². The molecule has 7 heteroatoms. The van der Waals surface area contributed by atoms with Gasteiger partial charge in [0.25, 0.3) is 0 Å². The molecule has 0 spiro atoms. The SMILES string of the molecule is C[C@@H]1CCC(=O)N([C@@H]2CCCN(C(=O)NC[C@H](O)CN3CCc4ccccc4C3)C2)C1. The van der Waals surface area contributed by atoms with Crippen molar-refractivity contribution in [2.24, 2.45) is 5.92 Å². The van der Waals surface area contributed by atoms with Gasteiger partial charge in [0.1, 0.15) is 0 Å². The molecule has 0 aromatic heterocycles. The summed E-state index contributed by atoms with van der Waals surface area (Å²) < 4.78 is 0. The lowest BCUT2D eigenvalue weighted by molar-refractivity contribution is -0.138. The molecular weight excluding hydrogens is 392 g/mol. The molecule has 1 aromatic carbocycles. The highest BCUT2D eigenvalue weighted by Gasteiger charge is 2.33. The van der Waals surface area contributed by atoms with Crippen molar-refractivity contribution in [2.45, 2.75) is 57.7 Å². The number of fused-ring (bicyclic) bond motifs is 1. The summed E-state index contributed by atoms with van der Waals surface area (Å²) in [5.41, 5.74) is 2.72. The topological polar surface area (TPSA) is 76.1 Å². The summed E-state index contributed by atoms with van der Waals surface area (Å²) in [5, 5.41) is 13.4. The highest BCUT2D eigenvalue weighted by atomic mass is 16.3. The standard InChI is InChI=1S/C24H36N4O3/c1-18-8-9-23(30)28(14-18)21-7-4-11-27(16-21)24(31)25-13-22(29)17-26-12-10-19-5-2-3-6-20(19)15-26/h2-3,5-6,18,21-22,29H,4,7-17H2,1H3,(H,25,31)/t18-,21-,22+/m1/s1. The number of nitrogens with zero attached hydrogens (tertiary/aromatic N) is 3. The van der Waals surface area contributed by atoms with Gasteiger partial charge in [-0.15, -0.1) is 0 Å². The molecule has 3 atom stereocenters. The molecule has 3 amide bonds. The van der Waals surface area contributed by atoms with Crippen LogP contribution in [0.4, 0.5) is 4.79 Å². The maximum Gasteiger partial charge on any atom is 0.317 e. The fraction of sp³-hybridized carbons (Fsp3) is 0.667. The number of carbonyl (C=O) groups excluding carboxylic acids is 2. The highest BCUT2D eigenvalue weighted by molar-refractivity contribution is 5.78. The lowest BCUT2D eigenvalue weighted by Crippen LogP contribution is -2.56. The average molecular weight is 429 g/mol. The first kappa shape index (κ1) is 22.1. The summed E-state index contributed by atoms with van der Waals surface area (Å²) >= 11 is 0. The van der Waals surface area contributed by atoms with Crippen LogP contribution in [-0.4, -0.2) is 83.2 Å². The molecule has 7 nitrogen and oxygen atoms in total. The number of amides is 3. The number of likely N-dealkylation sites (tertiary alicyclic amines) is 2. The van der Waals surface area contributed by atoms with Gasteiger partial charge in [0.05, 0.1) is 6.10 Å². The van der Waals surface area contributed by atoms with Crippen molar-refractivity contribution in [3.63, 3.8) is 0 Å². The Labute approximate surface area is 185 Å². The lowest BCUT2D eigenvalue weighted by Gasteiger charge is -2.42. The summed E-state index contributed by atoms with van der Waals surface area (Å²) in [4.78, 5) is 31.1. The van der Waals surface area contributed by atoms with Crippen molar-refractivity contribution in [3.05, 3.63) is 35.4 Å². The molecule has 0 saturated carbocycles. The number of rotatable bonds is 5. The van der Waals surface area contributed by atoms with E-state index in [0.29, 0.717) is 32.0 Å². The Hall–Kier alpha value is -2.12. The Balaban J connectivity index is 1.22. The summed E-state index contributed by atoms with van der Waals surface area (Å²) in [7, 11) is 0. The second-order valence-corrected chi connectivity index (χ2v) is 9.53. The van der Waals surface area contributed by atoms with Gasteiger partial charge in [-0.05, 0) is 42.7 Å². The van der Waals surface area contributed by atoms with Crippen LogP contribution in [0.5, 0.6) is 0 Å². The van der Waals surface area contributed by atoms with E-state index in [1.54, 1.807) is 0 Å². The van der Waals surface area contributed by atoms with Crippen LogP contribution in [0.1, 0.15) is 43.7 Å². The van der Waals surface area contributed by atoms with Crippen LogP contribution in [0, 0.1) is 5.92 Å². The lowest BCUT2D eigenvalue weighted by atomic mass is 9.95. The summed E-state index contributed by atoms with van der Waals surface area (Å²) in [5.74, 6) is 0.752. The Morgan fingerprint density at radius 1 is 1.16 bits per heavy atom. The number of benzene rings is 1. The van der Waals surface area contributed by atoms with E-state index in [4.69, 9.17) is 0 Å².